The molecule has 3 N–H and O–H groups in total. The van der Waals surface area contributed by atoms with Gasteiger partial charge < -0.3 is 11.1 Å². The number of fused-ring (bicyclic) bond motifs is 1. The van der Waals surface area contributed by atoms with E-state index in [0.717, 1.165) is 10.8 Å². The van der Waals surface area contributed by atoms with E-state index in [-0.39, 0.29) is 11.3 Å². The number of rotatable bonds is 2. The lowest BCUT2D eigenvalue weighted by Gasteiger charge is -2.10. The molecule has 19 heavy (non-hydrogen) atoms. The number of hydrogen-bond donors (Lipinski definition) is 2. The zero-order chi connectivity index (χ0) is 14.0. The molecule has 0 saturated heterocycles. The molecule has 2 rings (SSSR count). The van der Waals surface area contributed by atoms with Crippen molar-refractivity contribution in [3.8, 4) is 0 Å². The topological polar surface area (TPSA) is 55.1 Å². The summed E-state index contributed by atoms with van der Waals surface area (Å²) in [6, 6.07) is 10.2. The van der Waals surface area contributed by atoms with Crippen LogP contribution in [0.4, 0.5) is 18.9 Å². The van der Waals surface area contributed by atoms with Gasteiger partial charge in [0.25, 0.3) is 5.91 Å². The Balaban J connectivity index is 2.29. The predicted octanol–water partition coefficient (Wildman–Crippen LogP) is 2.71. The summed E-state index contributed by atoms with van der Waals surface area (Å²) >= 11 is 0. The van der Waals surface area contributed by atoms with Crippen molar-refractivity contribution in [2.45, 2.75) is 6.18 Å². The molecular weight excluding hydrogens is 257 g/mol. The first-order valence-corrected chi connectivity index (χ1v) is 5.50. The molecule has 0 aromatic heterocycles. The maximum atomic E-state index is 12.0. The van der Waals surface area contributed by atoms with Crippen molar-refractivity contribution in [2.24, 2.45) is 0 Å². The van der Waals surface area contributed by atoms with E-state index in [1.165, 1.54) is 6.07 Å². The number of nitrogen functional groups attached to an aromatic ring is 1. The first kappa shape index (κ1) is 13.2. The number of carbonyl (C=O) groups excluding carboxylic acids is 1. The molecule has 0 atom stereocenters. The third kappa shape index (κ3) is 3.15. The standard InChI is InChI=1S/C13H11F3N2O/c14-13(15,16)7-18-12(19)10-5-8-3-1-2-4-9(8)6-11(10)17/h1-6H,7,17H2,(H,18,19). The fourth-order valence-electron chi connectivity index (χ4n) is 1.73. The highest BCUT2D eigenvalue weighted by Gasteiger charge is 2.28. The lowest BCUT2D eigenvalue weighted by atomic mass is 10.0. The molecule has 0 fully saturated rings. The van der Waals surface area contributed by atoms with Crippen molar-refractivity contribution in [1.82, 2.24) is 5.32 Å². The fourth-order valence-corrected chi connectivity index (χ4v) is 1.73. The zero-order valence-corrected chi connectivity index (χ0v) is 9.79. The third-order valence-corrected chi connectivity index (χ3v) is 2.61. The largest absolute Gasteiger partial charge is 0.405 e. The number of benzene rings is 2. The van der Waals surface area contributed by atoms with Crippen LogP contribution < -0.4 is 11.1 Å². The smallest absolute Gasteiger partial charge is 0.398 e. The van der Waals surface area contributed by atoms with Gasteiger partial charge >= 0.3 is 6.18 Å². The summed E-state index contributed by atoms with van der Waals surface area (Å²) in [5.74, 6) is -0.833. The Morgan fingerprint density at radius 2 is 1.74 bits per heavy atom. The van der Waals surface area contributed by atoms with Crippen LogP contribution in [0.15, 0.2) is 36.4 Å². The molecule has 1 amide bonds. The Morgan fingerprint density at radius 3 is 2.32 bits per heavy atom. The van der Waals surface area contributed by atoms with E-state index in [2.05, 4.69) is 0 Å². The van der Waals surface area contributed by atoms with Crippen LogP contribution in [0.1, 0.15) is 10.4 Å². The van der Waals surface area contributed by atoms with Crippen molar-refractivity contribution in [2.75, 3.05) is 12.3 Å². The average molecular weight is 268 g/mol. The lowest BCUT2D eigenvalue weighted by Crippen LogP contribution is -2.34. The summed E-state index contributed by atoms with van der Waals surface area (Å²) in [7, 11) is 0. The number of hydrogen-bond acceptors (Lipinski definition) is 2. The van der Waals surface area contributed by atoms with Gasteiger partial charge in [0.1, 0.15) is 6.54 Å². The minimum Gasteiger partial charge on any atom is -0.398 e. The molecule has 3 nitrogen and oxygen atoms in total. The minimum absolute atomic E-state index is 0.0444. The predicted molar refractivity (Wildman–Crippen MR) is 66.7 cm³/mol. The molecule has 0 aliphatic rings. The van der Waals surface area contributed by atoms with E-state index in [0.29, 0.717) is 0 Å². The van der Waals surface area contributed by atoms with Crippen LogP contribution in [0.25, 0.3) is 10.8 Å². The molecule has 2 aromatic rings. The monoisotopic (exact) mass is 268 g/mol. The van der Waals surface area contributed by atoms with Crippen molar-refractivity contribution in [1.29, 1.82) is 0 Å². The summed E-state index contributed by atoms with van der Waals surface area (Å²) in [5, 5.41) is 3.37. The Hall–Kier alpha value is -2.24. The highest BCUT2D eigenvalue weighted by atomic mass is 19.4. The van der Waals surface area contributed by atoms with Gasteiger partial charge in [0.15, 0.2) is 0 Å². The van der Waals surface area contributed by atoms with E-state index in [1.54, 1.807) is 23.5 Å². The van der Waals surface area contributed by atoms with E-state index in [1.807, 2.05) is 12.1 Å². The maximum Gasteiger partial charge on any atom is 0.405 e. The Labute approximate surface area is 107 Å². The number of halogens is 3. The quantitative estimate of drug-likeness (QED) is 0.823. The van der Waals surface area contributed by atoms with Gasteiger partial charge in [0.05, 0.1) is 5.56 Å². The van der Waals surface area contributed by atoms with Gasteiger partial charge in [0.2, 0.25) is 0 Å². The number of carbonyl (C=O) groups is 1. The molecule has 6 heteroatoms. The highest BCUT2D eigenvalue weighted by Crippen LogP contribution is 2.22. The Morgan fingerprint density at radius 1 is 1.16 bits per heavy atom. The van der Waals surface area contributed by atoms with Gasteiger partial charge in [-0.2, -0.15) is 13.2 Å². The molecular formula is C13H11F3N2O. The van der Waals surface area contributed by atoms with Crippen LogP contribution in [0.3, 0.4) is 0 Å². The average Bonchev–Trinajstić information content (AvgIpc) is 2.34. The summed E-state index contributed by atoms with van der Waals surface area (Å²) < 4.78 is 36.1. The molecule has 0 aliphatic heterocycles. The van der Waals surface area contributed by atoms with Crippen LogP contribution in [0.5, 0.6) is 0 Å². The number of nitrogens with one attached hydrogen (secondary N) is 1. The molecule has 0 heterocycles. The molecule has 0 spiro atoms. The van der Waals surface area contributed by atoms with E-state index >= 15 is 0 Å². The van der Waals surface area contributed by atoms with Crippen molar-refractivity contribution in [3.63, 3.8) is 0 Å². The molecule has 2 aromatic carbocycles. The third-order valence-electron chi connectivity index (χ3n) is 2.61. The van der Waals surface area contributed by atoms with E-state index in [9.17, 15) is 18.0 Å². The van der Waals surface area contributed by atoms with Gasteiger partial charge in [-0.1, -0.05) is 24.3 Å². The first-order valence-electron chi connectivity index (χ1n) is 5.50. The second-order valence-corrected chi connectivity index (χ2v) is 4.08. The Bertz CT molecular complexity index is 623. The van der Waals surface area contributed by atoms with Crippen molar-refractivity contribution in [3.05, 3.63) is 42.0 Å². The molecule has 0 unspecified atom stereocenters. The number of nitrogens with two attached hydrogens (primary N) is 1. The van der Waals surface area contributed by atoms with Crippen molar-refractivity contribution >= 4 is 22.4 Å². The van der Waals surface area contributed by atoms with Gasteiger partial charge in [-0.15, -0.1) is 0 Å². The number of amides is 1. The molecule has 0 bridgehead atoms. The molecule has 0 aliphatic carbocycles. The van der Waals surface area contributed by atoms with Gasteiger partial charge in [-0.3, -0.25) is 4.79 Å². The van der Waals surface area contributed by atoms with Crippen LogP contribution in [0, 0.1) is 0 Å². The van der Waals surface area contributed by atoms with E-state index < -0.39 is 18.6 Å². The van der Waals surface area contributed by atoms with Gasteiger partial charge in [-0.05, 0) is 22.9 Å². The Kier molecular flexibility index (Phi) is 3.33. The van der Waals surface area contributed by atoms with Crippen LogP contribution in [0.2, 0.25) is 0 Å². The van der Waals surface area contributed by atoms with E-state index in [4.69, 9.17) is 5.73 Å². The molecule has 0 saturated carbocycles. The second-order valence-electron chi connectivity index (χ2n) is 4.08. The van der Waals surface area contributed by atoms with Gasteiger partial charge in [0, 0.05) is 5.69 Å². The van der Waals surface area contributed by atoms with Gasteiger partial charge in [-0.25, -0.2) is 0 Å². The molecule has 100 valence electrons. The van der Waals surface area contributed by atoms with Crippen molar-refractivity contribution < 1.29 is 18.0 Å². The number of anilines is 1. The maximum absolute atomic E-state index is 12.0. The van der Waals surface area contributed by atoms with Crippen LogP contribution >= 0.6 is 0 Å². The van der Waals surface area contributed by atoms with Crippen LogP contribution in [-0.4, -0.2) is 18.6 Å². The van der Waals surface area contributed by atoms with Crippen LogP contribution in [-0.2, 0) is 0 Å². The summed E-state index contributed by atoms with van der Waals surface area (Å²) in [4.78, 5) is 11.7. The zero-order valence-electron chi connectivity index (χ0n) is 9.79. The minimum atomic E-state index is -4.44. The second kappa shape index (κ2) is 4.79. The SMILES string of the molecule is Nc1cc2ccccc2cc1C(=O)NCC(F)(F)F. The normalized spacial score (nSPS) is 11.5. The highest BCUT2D eigenvalue weighted by molar-refractivity contribution is 6.03. The first-order chi connectivity index (χ1) is 8.87. The number of alkyl halides is 3. The summed E-state index contributed by atoms with van der Waals surface area (Å²) in [6.45, 7) is -1.38. The summed E-state index contributed by atoms with van der Waals surface area (Å²) in [6.07, 6.45) is -4.44. The fraction of sp³-hybridized carbons (Fsp3) is 0.154. The lowest BCUT2D eigenvalue weighted by molar-refractivity contribution is -0.123. The summed E-state index contributed by atoms with van der Waals surface area (Å²) in [5.41, 5.74) is 5.88. The molecule has 0 radical (unpaired) electrons.